The average molecular weight is 600 g/mol. The van der Waals surface area contributed by atoms with E-state index in [4.69, 9.17) is 0 Å². The van der Waals surface area contributed by atoms with Crippen molar-refractivity contribution in [2.75, 3.05) is 27.2 Å². The number of carbonyl (C=O) groups excluding carboxylic acids is 1. The summed E-state index contributed by atoms with van der Waals surface area (Å²) in [6, 6.07) is 8.15. The molecule has 40 heavy (non-hydrogen) atoms. The first kappa shape index (κ1) is 29.7. The second kappa shape index (κ2) is 11.0. The van der Waals surface area contributed by atoms with E-state index in [0.717, 1.165) is 17.5 Å². The van der Waals surface area contributed by atoms with Gasteiger partial charge in [0, 0.05) is 44.0 Å². The molecule has 10 nitrogen and oxygen atoms in total. The van der Waals surface area contributed by atoms with E-state index >= 15 is 0 Å². The number of amides is 1. The Morgan fingerprint density at radius 3 is 2.42 bits per heavy atom. The fourth-order valence-corrected chi connectivity index (χ4v) is 6.78. The highest BCUT2D eigenvalue weighted by Crippen LogP contribution is 2.31. The van der Waals surface area contributed by atoms with Gasteiger partial charge in [-0.05, 0) is 48.7 Å². The highest BCUT2D eigenvalue weighted by Gasteiger charge is 2.36. The number of nitrogens with zero attached hydrogens (tertiary/aromatic N) is 4. The van der Waals surface area contributed by atoms with Crippen molar-refractivity contribution >= 4 is 36.9 Å². The average Bonchev–Trinajstić information content (AvgIpc) is 3.52. The third kappa shape index (κ3) is 6.06. The van der Waals surface area contributed by atoms with E-state index in [9.17, 15) is 34.8 Å². The van der Waals surface area contributed by atoms with E-state index in [2.05, 4.69) is 16.4 Å². The molecule has 2 aromatic carbocycles. The predicted molar refractivity (Wildman–Crippen MR) is 142 cm³/mol. The Morgan fingerprint density at radius 2 is 1.82 bits per heavy atom. The Labute approximate surface area is 230 Å². The molecule has 1 aromatic heterocycles. The van der Waals surface area contributed by atoms with Crippen molar-refractivity contribution in [3.63, 3.8) is 0 Å². The fourth-order valence-electron chi connectivity index (χ4n) is 4.52. The molecule has 2 heterocycles. The molecule has 1 amide bonds. The Kier molecular flexibility index (Phi) is 8.13. The molecule has 216 valence electrons. The third-order valence-electron chi connectivity index (χ3n) is 6.61. The normalized spacial score (nSPS) is 16.9. The highest BCUT2D eigenvalue weighted by atomic mass is 32.2. The molecule has 0 radical (unpaired) electrons. The van der Waals surface area contributed by atoms with Crippen LogP contribution in [-0.2, 0) is 32.8 Å². The summed E-state index contributed by atoms with van der Waals surface area (Å²) in [5, 5.41) is 5.40. The Bertz CT molecular complexity index is 1650. The number of hydrogen-bond acceptors (Lipinski definition) is 6. The van der Waals surface area contributed by atoms with Crippen LogP contribution in [0.3, 0.4) is 0 Å². The number of benzene rings is 2. The molecule has 3 aromatic rings. The van der Waals surface area contributed by atoms with Crippen molar-refractivity contribution in [2.24, 2.45) is 0 Å². The van der Waals surface area contributed by atoms with Crippen molar-refractivity contribution in [3.05, 3.63) is 71.3 Å². The summed E-state index contributed by atoms with van der Waals surface area (Å²) in [6.45, 7) is 3.35. The molecular formula is C25H28F3N5O5S2. The molecule has 1 atom stereocenters. The van der Waals surface area contributed by atoms with Crippen LogP contribution in [0.15, 0.2) is 59.3 Å². The van der Waals surface area contributed by atoms with Gasteiger partial charge in [-0.2, -0.15) is 22.6 Å². The van der Waals surface area contributed by atoms with Gasteiger partial charge < -0.3 is 4.90 Å². The Morgan fingerprint density at radius 1 is 1.15 bits per heavy atom. The number of halogens is 3. The molecule has 1 N–H and O–H groups in total. The maximum Gasteiger partial charge on any atom is 0.416 e. The van der Waals surface area contributed by atoms with E-state index in [1.165, 1.54) is 58.3 Å². The van der Waals surface area contributed by atoms with Gasteiger partial charge in [-0.3, -0.25) is 9.48 Å². The molecule has 1 saturated heterocycles. The van der Waals surface area contributed by atoms with Crippen LogP contribution in [0, 0.1) is 0 Å². The number of aromatic nitrogens is 2. The second-order valence-electron chi connectivity index (χ2n) is 9.55. The van der Waals surface area contributed by atoms with Gasteiger partial charge in [0.2, 0.25) is 20.0 Å². The molecule has 0 spiro atoms. The van der Waals surface area contributed by atoms with E-state index < -0.39 is 43.7 Å². The van der Waals surface area contributed by atoms with Crippen molar-refractivity contribution in [2.45, 2.75) is 36.5 Å². The first-order chi connectivity index (χ1) is 18.6. The van der Waals surface area contributed by atoms with Crippen molar-refractivity contribution in [1.29, 1.82) is 0 Å². The van der Waals surface area contributed by atoms with Crippen molar-refractivity contribution in [3.8, 4) is 0 Å². The summed E-state index contributed by atoms with van der Waals surface area (Å²) in [5.74, 6) is -0.483. The summed E-state index contributed by atoms with van der Waals surface area (Å²) < 4.78 is 94.7. The minimum absolute atomic E-state index is 0.0133. The smallest absolute Gasteiger partial charge is 0.343 e. The van der Waals surface area contributed by atoms with E-state index in [-0.39, 0.29) is 35.6 Å². The van der Waals surface area contributed by atoms with Crippen LogP contribution in [0.25, 0.3) is 10.9 Å². The monoisotopic (exact) mass is 599 g/mol. The van der Waals surface area contributed by atoms with Gasteiger partial charge in [0.05, 0.1) is 22.5 Å². The van der Waals surface area contributed by atoms with Gasteiger partial charge in [0.1, 0.15) is 0 Å². The van der Waals surface area contributed by atoms with Gasteiger partial charge in [-0.1, -0.05) is 18.7 Å². The largest absolute Gasteiger partial charge is 0.416 e. The Hall–Kier alpha value is -3.27. The topological polar surface area (TPSA) is 122 Å². The number of hydrogen-bond donors (Lipinski definition) is 1. The van der Waals surface area contributed by atoms with Crippen LogP contribution in [0.1, 0.15) is 34.5 Å². The van der Waals surface area contributed by atoms with Crippen LogP contribution in [0.2, 0.25) is 0 Å². The number of alkyl halides is 3. The third-order valence-corrected chi connectivity index (χ3v) is 9.57. The summed E-state index contributed by atoms with van der Waals surface area (Å²) in [6.07, 6.45) is -3.48. The zero-order chi connectivity index (χ0) is 29.5. The molecule has 1 aliphatic heterocycles. The first-order valence-corrected chi connectivity index (χ1v) is 15.1. The number of rotatable bonds is 9. The summed E-state index contributed by atoms with van der Waals surface area (Å²) >= 11 is 0. The molecule has 0 bridgehead atoms. The van der Waals surface area contributed by atoms with E-state index in [1.54, 1.807) is 0 Å². The minimum Gasteiger partial charge on any atom is -0.343 e. The first-order valence-electron chi connectivity index (χ1n) is 12.2. The van der Waals surface area contributed by atoms with Gasteiger partial charge >= 0.3 is 6.18 Å². The molecule has 0 aliphatic carbocycles. The summed E-state index contributed by atoms with van der Waals surface area (Å²) in [7, 11) is -4.79. The lowest BCUT2D eigenvalue weighted by molar-refractivity contribution is -0.137. The molecular weight excluding hydrogens is 571 g/mol. The van der Waals surface area contributed by atoms with Crippen LogP contribution in [0.5, 0.6) is 0 Å². The number of fused-ring (bicyclic) bond motifs is 1. The van der Waals surface area contributed by atoms with Crippen molar-refractivity contribution < 1.29 is 34.8 Å². The van der Waals surface area contributed by atoms with Gasteiger partial charge in [0.25, 0.3) is 5.91 Å². The number of carbonyl (C=O) groups is 1. The molecule has 1 aliphatic rings. The lowest BCUT2D eigenvalue weighted by Crippen LogP contribution is -2.42. The van der Waals surface area contributed by atoms with Gasteiger partial charge in [-0.25, -0.2) is 21.6 Å². The van der Waals surface area contributed by atoms with Gasteiger partial charge in [0.15, 0.2) is 5.69 Å². The zero-order valence-electron chi connectivity index (χ0n) is 21.7. The van der Waals surface area contributed by atoms with Crippen LogP contribution in [0.4, 0.5) is 13.2 Å². The minimum atomic E-state index is -4.48. The van der Waals surface area contributed by atoms with Crippen LogP contribution < -0.4 is 4.72 Å². The number of nitrogens with one attached hydrogen (secondary N) is 1. The molecule has 0 saturated carbocycles. The standard InChI is InChI=1S/C25H28F3N5O5S2/c1-4-39(35,36)29-15-19-6-5-13-33(19)40(37,38)20-11-12-22-21(14-20)23(24(34)31(2)3)30-32(22)16-17-7-9-18(10-8-17)25(26,27)28/h4,7-12,14,19,29H,1,5-6,13,15-16H2,2-3H3. The van der Waals surface area contributed by atoms with E-state index in [0.29, 0.717) is 23.9 Å². The maximum absolute atomic E-state index is 13.6. The van der Waals surface area contributed by atoms with E-state index in [1.807, 2.05) is 0 Å². The van der Waals surface area contributed by atoms with Crippen LogP contribution >= 0.6 is 0 Å². The molecule has 4 rings (SSSR count). The lowest BCUT2D eigenvalue weighted by atomic mass is 10.1. The lowest BCUT2D eigenvalue weighted by Gasteiger charge is -2.24. The Balaban J connectivity index is 1.71. The summed E-state index contributed by atoms with van der Waals surface area (Å²) in [5.41, 5.74) is 0.110. The molecule has 1 unspecified atom stereocenters. The number of sulfonamides is 2. The van der Waals surface area contributed by atoms with Gasteiger partial charge in [-0.15, -0.1) is 0 Å². The predicted octanol–water partition coefficient (Wildman–Crippen LogP) is 3.02. The second-order valence-corrected chi connectivity index (χ2v) is 13.2. The fraction of sp³-hybridized carbons (Fsp3) is 0.360. The quantitative estimate of drug-likeness (QED) is 0.404. The molecule has 15 heteroatoms. The van der Waals surface area contributed by atoms with Crippen molar-refractivity contribution in [1.82, 2.24) is 23.7 Å². The SMILES string of the molecule is C=CS(=O)(=O)NCC1CCCN1S(=O)(=O)c1ccc2c(c1)c(C(=O)N(C)C)nn2Cc1ccc(C(F)(F)F)cc1. The summed E-state index contributed by atoms with van der Waals surface area (Å²) in [4.78, 5) is 14.1. The molecule has 1 fully saturated rings. The van der Waals surface area contributed by atoms with Crippen LogP contribution in [-0.4, -0.2) is 75.0 Å². The maximum atomic E-state index is 13.6. The zero-order valence-corrected chi connectivity index (χ0v) is 23.4. The highest BCUT2D eigenvalue weighted by molar-refractivity contribution is 7.92.